The number of anilines is 1. The van der Waals surface area contributed by atoms with Crippen molar-refractivity contribution in [2.75, 3.05) is 27.1 Å². The molecule has 0 aliphatic rings. The van der Waals surface area contributed by atoms with Crippen molar-refractivity contribution in [1.82, 2.24) is 0 Å². The van der Waals surface area contributed by atoms with Gasteiger partial charge in [-0.25, -0.2) is 0 Å². The van der Waals surface area contributed by atoms with Crippen LogP contribution in [-0.4, -0.2) is 47.6 Å². The second-order valence-corrected chi connectivity index (χ2v) is 21.9. The number of phosphoric acid groups is 1. The van der Waals surface area contributed by atoms with Crippen molar-refractivity contribution in [2.24, 2.45) is 0 Å². The first kappa shape index (κ1) is 55.4. The Morgan fingerprint density at radius 1 is 0.643 bits per heavy atom. The van der Waals surface area contributed by atoms with Gasteiger partial charge in [-0.05, 0) is 106 Å². The van der Waals surface area contributed by atoms with Crippen LogP contribution in [0.15, 0.2) is 134 Å². The maximum Gasteiger partial charge on any atom is 0.647 e. The minimum absolute atomic E-state index is 0.0300. The summed E-state index contributed by atoms with van der Waals surface area (Å²) in [5.74, 6) is 1.14. The Morgan fingerprint density at radius 2 is 1.14 bits per heavy atom. The number of aliphatic hydroxyl groups is 1. The molecule has 0 saturated carbocycles. The summed E-state index contributed by atoms with van der Waals surface area (Å²) >= 11 is 0. The third-order valence-electron chi connectivity index (χ3n) is 10.6. The highest BCUT2D eigenvalue weighted by molar-refractivity contribution is 7.49. The molecule has 6 rings (SSSR count). The molecule has 0 aromatic heterocycles. The molecule has 70 heavy (non-hydrogen) atoms. The second-order valence-electron chi connectivity index (χ2n) is 16.2. The highest BCUT2D eigenvalue weighted by atomic mass is 31.2. The van der Waals surface area contributed by atoms with Gasteiger partial charge in [0.25, 0.3) is 6.57 Å². The van der Waals surface area contributed by atoms with E-state index in [1.165, 1.54) is 74.9 Å². The highest BCUT2D eigenvalue weighted by Crippen LogP contribution is 2.51. The first-order valence-electron chi connectivity index (χ1n) is 22.1. The van der Waals surface area contributed by atoms with Crippen molar-refractivity contribution < 1.29 is 55.9 Å². The van der Waals surface area contributed by atoms with Crippen LogP contribution in [0.25, 0.3) is 10.9 Å². The molecule has 0 aliphatic heterocycles. The number of rotatable bonds is 21. The van der Waals surface area contributed by atoms with Crippen LogP contribution < -0.4 is 33.5 Å². The van der Waals surface area contributed by atoms with Gasteiger partial charge in [0.15, 0.2) is 12.6 Å². The van der Waals surface area contributed by atoms with Gasteiger partial charge in [-0.1, -0.05) is 82.3 Å². The van der Waals surface area contributed by atoms with Crippen LogP contribution in [0.3, 0.4) is 0 Å². The average molecular weight is 990 g/mol. The van der Waals surface area contributed by atoms with Crippen LogP contribution in [0.5, 0.6) is 34.5 Å². The molecule has 6 aromatic carbocycles. The molecular weight excluding hydrogens is 928 g/mol. The third-order valence-corrected chi connectivity index (χ3v) is 16.3. The van der Waals surface area contributed by atoms with Gasteiger partial charge in [-0.15, -0.1) is 0 Å². The fourth-order valence-electron chi connectivity index (χ4n) is 7.01. The molecule has 3 N–H and O–H groups in total. The molecule has 0 heterocycles. The van der Waals surface area contributed by atoms with Gasteiger partial charge in [0.1, 0.15) is 34.5 Å². The summed E-state index contributed by atoms with van der Waals surface area (Å²) in [5.41, 5.74) is 13.6. The SMILES string of the molecule is C#[N+]c1ccc(CO)cc1.C=Cc1ccc(OP(=O)(Oc2ccc(OC)c(C=O)c2)Oc2ccc(C=O)c(OC)c2)cc1OC.Cc1cccc(CO[Si](OCc2cccc(N)c2)(C(C)C)C(C)C)c1. The van der Waals surface area contributed by atoms with E-state index in [0.717, 1.165) is 22.5 Å². The largest absolute Gasteiger partial charge is 0.647 e. The number of aldehydes is 2. The van der Waals surface area contributed by atoms with Crippen LogP contribution in [0.2, 0.25) is 11.1 Å². The van der Waals surface area contributed by atoms with Crippen LogP contribution in [-0.2, 0) is 33.2 Å². The fraction of sp³-hybridized carbons (Fsp3) is 0.241. The molecule has 368 valence electrons. The van der Waals surface area contributed by atoms with Gasteiger partial charge in [-0.3, -0.25) is 9.59 Å². The van der Waals surface area contributed by atoms with Gasteiger partial charge in [-0.2, -0.15) is 4.57 Å². The lowest BCUT2D eigenvalue weighted by molar-refractivity contribution is 0.111. The van der Waals surface area contributed by atoms with Gasteiger partial charge in [0.05, 0.1) is 52.3 Å². The fourth-order valence-corrected chi connectivity index (χ4v) is 11.8. The minimum atomic E-state index is -4.43. The van der Waals surface area contributed by atoms with Crippen molar-refractivity contribution in [2.45, 2.75) is 65.5 Å². The first-order valence-corrected chi connectivity index (χ1v) is 25.6. The Hall–Kier alpha value is -7.18. The predicted octanol–water partition coefficient (Wildman–Crippen LogP) is 13.0. The van der Waals surface area contributed by atoms with Crippen LogP contribution in [0.4, 0.5) is 11.4 Å². The van der Waals surface area contributed by atoms with Crippen molar-refractivity contribution >= 4 is 46.4 Å². The van der Waals surface area contributed by atoms with Crippen LogP contribution >= 0.6 is 7.82 Å². The first-order chi connectivity index (χ1) is 33.6. The molecule has 0 saturated heterocycles. The quantitative estimate of drug-likeness (QED) is 0.0302. The zero-order valence-electron chi connectivity index (χ0n) is 40.8. The molecule has 0 bridgehead atoms. The van der Waals surface area contributed by atoms with E-state index in [2.05, 4.69) is 76.4 Å². The van der Waals surface area contributed by atoms with Gasteiger partial charge >= 0.3 is 22.1 Å². The number of hydrogen-bond acceptors (Lipinski definition) is 13. The number of carbonyl (C=O) groups is 2. The summed E-state index contributed by atoms with van der Waals surface area (Å²) in [6.45, 7) is 20.9. The highest BCUT2D eigenvalue weighted by Gasteiger charge is 2.45. The monoisotopic (exact) mass is 989 g/mol. The van der Waals surface area contributed by atoms with E-state index in [0.29, 0.717) is 53.9 Å². The molecule has 0 aliphatic carbocycles. The number of carbonyl (C=O) groups excluding carboxylic acids is 2. The van der Waals surface area contributed by atoms with Crippen molar-refractivity contribution in [1.29, 1.82) is 0 Å². The van der Waals surface area contributed by atoms with Gasteiger partial charge < -0.3 is 47.5 Å². The van der Waals surface area contributed by atoms with Crippen molar-refractivity contribution in [3.8, 4) is 41.1 Å². The van der Waals surface area contributed by atoms with Gasteiger partial charge in [0.2, 0.25) is 0 Å². The Morgan fingerprint density at radius 3 is 1.61 bits per heavy atom. The number of phosphoric ester groups is 1. The Bertz CT molecular complexity index is 2630. The van der Waals surface area contributed by atoms with E-state index in [4.69, 9.17) is 54.0 Å². The summed E-state index contributed by atoms with van der Waals surface area (Å²) in [6, 6.07) is 36.6. The number of methoxy groups -OCH3 is 3. The standard InChI is InChI=1S/C25H23O9P.C21H31NO2Si.C8H8NO/c1-5-17-6-8-21(13-24(17)30-3)33-35(28,32-20-10-11-23(29-2)19(12-20)16-27)34-22-9-7-18(15-26)25(14-22)31-4;1-16(2)25(17(3)4,23-14-19-9-6-8-18(5)12-19)24-15-20-10-7-11-21(22)13-20;1-9-8-4-2-7(6-10)3-5-8/h5-16H,1H2,2-4H3;6-13,16-17H,14-15,22H2,1-5H3;1-5,10H,6H2/q;;+1. The molecule has 1 unspecified atom stereocenters. The van der Waals surface area contributed by atoms with E-state index < -0.39 is 16.4 Å². The summed E-state index contributed by atoms with van der Waals surface area (Å²) < 4.78 is 59.4. The lowest BCUT2D eigenvalue weighted by Crippen LogP contribution is -2.47. The molecule has 0 spiro atoms. The molecule has 14 nitrogen and oxygen atoms in total. The number of benzene rings is 6. The number of nitrogens with zero attached hydrogens (tertiary/aromatic N) is 1. The average Bonchev–Trinajstić information content (AvgIpc) is 3.36. The number of hydrogen-bond donors (Lipinski definition) is 2. The smallest absolute Gasteiger partial charge is 0.496 e. The zero-order valence-corrected chi connectivity index (χ0v) is 42.7. The minimum Gasteiger partial charge on any atom is -0.496 e. The van der Waals surface area contributed by atoms with Crippen molar-refractivity contribution in [3.05, 3.63) is 178 Å². The Labute approximate surface area is 412 Å². The summed E-state index contributed by atoms with van der Waals surface area (Å²) in [6.07, 6.45) is 2.77. The summed E-state index contributed by atoms with van der Waals surface area (Å²) in [4.78, 5) is 26.1. The second kappa shape index (κ2) is 27.1. The third kappa shape index (κ3) is 15.9. The maximum absolute atomic E-state index is 13.8. The molecule has 6 aromatic rings. The predicted molar refractivity (Wildman–Crippen MR) is 277 cm³/mol. The van der Waals surface area contributed by atoms with E-state index in [-0.39, 0.29) is 40.7 Å². The normalized spacial score (nSPS) is 11.6. The molecule has 16 heteroatoms. The van der Waals surface area contributed by atoms with Crippen molar-refractivity contribution in [3.63, 3.8) is 0 Å². The number of nitrogens with two attached hydrogens (primary N) is 1. The van der Waals surface area contributed by atoms with Gasteiger partial charge in [0, 0.05) is 35.5 Å². The maximum atomic E-state index is 13.8. The number of aliphatic hydroxyl groups excluding tert-OH is 1. The summed E-state index contributed by atoms with van der Waals surface area (Å²) in [5, 5.41) is 8.64. The van der Waals surface area contributed by atoms with E-state index in [9.17, 15) is 14.2 Å². The lowest BCUT2D eigenvalue weighted by Gasteiger charge is -2.37. The zero-order chi connectivity index (χ0) is 51.3. The number of aryl methyl sites for hydroxylation is 1. The van der Waals surface area contributed by atoms with E-state index >= 15 is 0 Å². The number of nitrogen functional groups attached to an aromatic ring is 1. The molecule has 0 radical (unpaired) electrons. The lowest BCUT2D eigenvalue weighted by atomic mass is 10.1. The Kier molecular flexibility index (Phi) is 21.5. The molecular formula is C54H62N2O12PSi+. The van der Waals surface area contributed by atoms with E-state index in [1.807, 2.05) is 18.2 Å². The van der Waals surface area contributed by atoms with Crippen LogP contribution in [0, 0.1) is 13.5 Å². The van der Waals surface area contributed by atoms with E-state index in [1.54, 1.807) is 42.5 Å². The summed E-state index contributed by atoms with van der Waals surface area (Å²) in [7, 11) is -2.56. The number of ether oxygens (including phenoxy) is 3. The molecule has 0 fully saturated rings. The molecule has 1 atom stereocenters. The van der Waals surface area contributed by atoms with Crippen LogP contribution in [0.1, 0.15) is 76.2 Å². The molecule has 0 amide bonds. The topological polar surface area (TPSA) is 176 Å². The Balaban J connectivity index is 0.000000263.